The molecule has 0 unspecified atom stereocenters. The predicted molar refractivity (Wildman–Crippen MR) is 215 cm³/mol. The molecule has 4 aliphatic carbocycles. The molecule has 0 radical (unpaired) electrons. The number of hydrogen-bond donors (Lipinski definition) is 4. The van der Waals surface area contributed by atoms with Crippen LogP contribution in [0, 0.1) is 33.0 Å². The van der Waals surface area contributed by atoms with Crippen molar-refractivity contribution in [3.8, 4) is 0 Å². The van der Waals surface area contributed by atoms with Crippen LogP contribution in [0.4, 0.5) is 4.79 Å². The number of nitrogens with one attached hydrogen (secondary N) is 4. The van der Waals surface area contributed by atoms with Crippen molar-refractivity contribution >= 4 is 39.9 Å². The Labute approximate surface area is 340 Å². The molecule has 2 aliphatic heterocycles. The highest BCUT2D eigenvalue weighted by Crippen LogP contribution is 2.88. The summed E-state index contributed by atoms with van der Waals surface area (Å²) in [5.41, 5.74) is -4.06. The van der Waals surface area contributed by atoms with Gasteiger partial charge < -0.3 is 25.6 Å². The monoisotopic (exact) mass is 818 g/mol. The molecule has 6 rings (SSSR count). The van der Waals surface area contributed by atoms with Crippen LogP contribution in [0.15, 0.2) is 0 Å². The summed E-state index contributed by atoms with van der Waals surface area (Å²) in [6, 6.07) is -2.97. The van der Waals surface area contributed by atoms with Gasteiger partial charge >= 0.3 is 16.3 Å². The van der Waals surface area contributed by atoms with Crippen molar-refractivity contribution in [2.45, 2.75) is 182 Å². The zero-order valence-corrected chi connectivity index (χ0v) is 37.0. The molecule has 15 heteroatoms. The topological polar surface area (TPSA) is 183 Å². The number of fused-ring (bicyclic) bond motifs is 1. The summed E-state index contributed by atoms with van der Waals surface area (Å²) in [6.45, 7) is 20.3. The maximum Gasteiger partial charge on any atom is 0.408 e. The Morgan fingerprint density at radius 3 is 1.91 bits per heavy atom. The van der Waals surface area contributed by atoms with E-state index in [-0.39, 0.29) is 22.2 Å². The molecule has 0 aromatic heterocycles. The summed E-state index contributed by atoms with van der Waals surface area (Å²) < 4.78 is 35.5. The second kappa shape index (κ2) is 14.7. The van der Waals surface area contributed by atoms with Gasteiger partial charge in [0.25, 0.3) is 5.91 Å². The maximum atomic E-state index is 15.2. The maximum absolute atomic E-state index is 15.2. The van der Waals surface area contributed by atoms with E-state index in [0.717, 1.165) is 64.2 Å². The molecular weight excluding hydrogens is 749 g/mol. The van der Waals surface area contributed by atoms with Gasteiger partial charge in [-0.15, -0.1) is 0 Å². The SMILES string of the molecule is CC[C@@H]1C[C@]1(NC(=O)[C@@H]1C[C@@]2(CN1C(=O)[C@@H](NC(=O)[C@@H](NC(=O)OC(C)(C)C)C1(C)CCCCC1)C(C)(C)C)C(C)(C)C21CCC1)C(=O)NS(=O)(=O)N1CCCC1. The molecule has 2 heterocycles. The first kappa shape index (κ1) is 43.6. The third kappa shape index (κ3) is 7.58. The summed E-state index contributed by atoms with van der Waals surface area (Å²) in [6.07, 6.45) is 9.37. The molecule has 0 bridgehead atoms. The van der Waals surface area contributed by atoms with Gasteiger partial charge in [-0.3, -0.25) is 19.2 Å². The molecule has 6 fully saturated rings. The first-order valence-corrected chi connectivity index (χ1v) is 23.0. The average Bonchev–Trinajstić information content (AvgIpc) is 3.54. The van der Waals surface area contributed by atoms with Crippen molar-refractivity contribution in [1.29, 1.82) is 0 Å². The second-order valence-electron chi connectivity index (χ2n) is 21.2. The molecule has 4 saturated carbocycles. The summed E-state index contributed by atoms with van der Waals surface area (Å²) in [4.78, 5) is 73.2. The first-order valence-electron chi connectivity index (χ1n) is 21.5. The summed E-state index contributed by atoms with van der Waals surface area (Å²) in [5, 5.41) is 8.97. The molecule has 2 saturated heterocycles. The van der Waals surface area contributed by atoms with Crippen LogP contribution < -0.4 is 20.7 Å². The molecule has 6 aliphatic rings. The molecule has 0 aromatic rings. The van der Waals surface area contributed by atoms with Crippen molar-refractivity contribution < 1.29 is 37.1 Å². The lowest BCUT2D eigenvalue weighted by molar-refractivity contribution is -0.145. The lowest BCUT2D eigenvalue weighted by Gasteiger charge is -2.42. The van der Waals surface area contributed by atoms with Gasteiger partial charge in [0.15, 0.2) is 0 Å². The van der Waals surface area contributed by atoms with Crippen molar-refractivity contribution in [1.82, 2.24) is 29.9 Å². The Kier molecular flexibility index (Phi) is 11.2. The minimum atomic E-state index is -4.08. The molecule has 6 atom stereocenters. The van der Waals surface area contributed by atoms with E-state index in [4.69, 9.17) is 4.74 Å². The molecule has 322 valence electrons. The van der Waals surface area contributed by atoms with Gasteiger partial charge in [0.05, 0.1) is 0 Å². The standard InChI is InChI=1S/C42H70N6O8S/c1-11-27-24-42(27,34(52)46-57(54,55)47-22-15-16-23-47)45-31(49)28-25-41(38(8,9)40(41)20-17-21-40)26-48(28)33(51)30(36(2,3)4)43-32(50)29(39(10)18-13-12-14-19-39)44-35(53)56-37(5,6)7/h27-30H,11-26H2,1-10H3,(H,43,50)(H,44,53)(H,45,49)(H,46,52)/t27-,28+,29-,30-,41-,42-/m1/s1. The quantitative estimate of drug-likeness (QED) is 0.227. The van der Waals surface area contributed by atoms with Gasteiger partial charge in [-0.05, 0) is 99.7 Å². The molecule has 14 nitrogen and oxygen atoms in total. The fraction of sp³-hybridized carbons (Fsp3) is 0.881. The lowest BCUT2D eigenvalue weighted by Crippen LogP contribution is -2.63. The molecular formula is C42H70N6O8S. The minimum absolute atomic E-state index is 0.0174. The fourth-order valence-corrected chi connectivity index (χ4v) is 12.8. The van der Waals surface area contributed by atoms with Crippen molar-refractivity contribution in [2.75, 3.05) is 19.6 Å². The van der Waals surface area contributed by atoms with E-state index in [1.165, 1.54) is 4.31 Å². The Balaban J connectivity index is 1.29. The highest BCUT2D eigenvalue weighted by molar-refractivity contribution is 7.87. The Morgan fingerprint density at radius 1 is 0.807 bits per heavy atom. The van der Waals surface area contributed by atoms with E-state index < -0.39 is 80.0 Å². The summed E-state index contributed by atoms with van der Waals surface area (Å²) >= 11 is 0. The highest BCUT2D eigenvalue weighted by Gasteiger charge is 2.85. The number of likely N-dealkylation sites (tertiary alicyclic amines) is 1. The van der Waals surface area contributed by atoms with Crippen LogP contribution in [0.1, 0.15) is 153 Å². The molecule has 4 N–H and O–H groups in total. The van der Waals surface area contributed by atoms with E-state index in [2.05, 4.69) is 34.5 Å². The zero-order valence-electron chi connectivity index (χ0n) is 36.2. The number of carbonyl (C=O) groups excluding carboxylic acids is 5. The third-order valence-electron chi connectivity index (χ3n) is 15.4. The molecule has 5 amide bonds. The van der Waals surface area contributed by atoms with Gasteiger partial charge in [0.1, 0.15) is 29.3 Å². The van der Waals surface area contributed by atoms with Crippen LogP contribution in [0.25, 0.3) is 0 Å². The Morgan fingerprint density at radius 2 is 1.42 bits per heavy atom. The first-order chi connectivity index (χ1) is 26.3. The van der Waals surface area contributed by atoms with E-state index in [1.54, 1.807) is 25.7 Å². The van der Waals surface area contributed by atoms with Gasteiger partial charge in [-0.1, -0.05) is 80.6 Å². The minimum Gasteiger partial charge on any atom is -0.444 e. The molecule has 2 spiro atoms. The predicted octanol–water partition coefficient (Wildman–Crippen LogP) is 4.92. The number of alkyl carbamates (subject to hydrolysis) is 1. The van der Waals surface area contributed by atoms with Crippen LogP contribution in [0.3, 0.4) is 0 Å². The van der Waals surface area contributed by atoms with Crippen molar-refractivity contribution in [2.24, 2.45) is 33.0 Å². The lowest BCUT2D eigenvalue weighted by atomic mass is 9.70. The zero-order chi connectivity index (χ0) is 42.2. The van der Waals surface area contributed by atoms with Gasteiger partial charge in [0, 0.05) is 25.0 Å². The number of carbonyl (C=O) groups is 5. The number of ether oxygens (including phenoxy) is 1. The van der Waals surface area contributed by atoms with Crippen molar-refractivity contribution in [3.05, 3.63) is 0 Å². The normalized spacial score (nSPS) is 31.2. The Hall–Kier alpha value is -2.94. The van der Waals surface area contributed by atoms with Gasteiger partial charge in [-0.2, -0.15) is 12.7 Å². The Bertz CT molecular complexity index is 1740. The average molecular weight is 819 g/mol. The number of rotatable bonds is 11. The van der Waals surface area contributed by atoms with Crippen LogP contribution in [0.2, 0.25) is 0 Å². The van der Waals surface area contributed by atoms with Crippen molar-refractivity contribution in [3.63, 3.8) is 0 Å². The van der Waals surface area contributed by atoms with E-state index in [1.807, 2.05) is 34.6 Å². The van der Waals surface area contributed by atoms with E-state index in [9.17, 15) is 27.6 Å². The van der Waals surface area contributed by atoms with Gasteiger partial charge in [-0.25, -0.2) is 9.52 Å². The van der Waals surface area contributed by atoms with E-state index >= 15 is 4.79 Å². The highest BCUT2D eigenvalue weighted by atomic mass is 32.2. The van der Waals surface area contributed by atoms with Gasteiger partial charge in [0.2, 0.25) is 17.7 Å². The smallest absolute Gasteiger partial charge is 0.408 e. The molecule has 57 heavy (non-hydrogen) atoms. The number of nitrogens with zero attached hydrogens (tertiary/aromatic N) is 2. The molecule has 0 aromatic carbocycles. The van der Waals surface area contributed by atoms with Crippen LogP contribution in [-0.4, -0.2) is 96.2 Å². The van der Waals surface area contributed by atoms with Crippen LogP contribution >= 0.6 is 0 Å². The third-order valence-corrected chi connectivity index (χ3v) is 16.9. The summed E-state index contributed by atoms with van der Waals surface area (Å²) in [5.74, 6) is -2.37. The van der Waals surface area contributed by atoms with E-state index in [0.29, 0.717) is 38.9 Å². The fourth-order valence-electron chi connectivity index (χ4n) is 11.5. The van der Waals surface area contributed by atoms with Crippen LogP contribution in [0.5, 0.6) is 0 Å². The number of hydrogen-bond acceptors (Lipinski definition) is 8. The number of amides is 5. The summed E-state index contributed by atoms with van der Waals surface area (Å²) in [7, 11) is -4.08. The second-order valence-corrected chi connectivity index (χ2v) is 22.9. The van der Waals surface area contributed by atoms with Crippen LogP contribution in [-0.2, 0) is 34.1 Å². The largest absolute Gasteiger partial charge is 0.444 e.